The molecule has 0 saturated heterocycles. The smallest absolute Gasteiger partial charge is 0.329 e. The molecule has 0 radical (unpaired) electrons. The summed E-state index contributed by atoms with van der Waals surface area (Å²) in [6.45, 7) is 0. The van der Waals surface area contributed by atoms with E-state index in [2.05, 4.69) is 5.32 Å². The Bertz CT molecular complexity index is 512. The minimum Gasteiger partial charge on any atom is -0.480 e. The second kappa shape index (κ2) is 4.36. The summed E-state index contributed by atoms with van der Waals surface area (Å²) in [7, 11) is 0. The number of hydrogen-bond donors (Lipinski definition) is 2. The average Bonchev–Trinajstić information content (AvgIpc) is 3.04. The Balaban J connectivity index is 1.99. The fourth-order valence-electron chi connectivity index (χ4n) is 1.66. The van der Waals surface area contributed by atoms with Gasteiger partial charge in [-0.3, -0.25) is 4.79 Å². The molecule has 96 valence electrons. The van der Waals surface area contributed by atoms with Crippen LogP contribution in [0.1, 0.15) is 18.4 Å². The predicted molar refractivity (Wildman–Crippen MR) is 57.8 cm³/mol. The van der Waals surface area contributed by atoms with Crippen molar-refractivity contribution < 1.29 is 23.5 Å². The van der Waals surface area contributed by atoms with Crippen molar-refractivity contribution in [2.45, 2.75) is 24.8 Å². The van der Waals surface area contributed by atoms with Crippen LogP contribution in [0.25, 0.3) is 0 Å². The third-order valence-electron chi connectivity index (χ3n) is 2.89. The van der Waals surface area contributed by atoms with E-state index in [9.17, 15) is 18.4 Å². The third kappa shape index (κ3) is 2.47. The summed E-state index contributed by atoms with van der Waals surface area (Å²) in [5.41, 5.74) is -0.858. The van der Waals surface area contributed by atoms with Gasteiger partial charge >= 0.3 is 5.97 Å². The monoisotopic (exact) mass is 255 g/mol. The van der Waals surface area contributed by atoms with Crippen molar-refractivity contribution in [3.63, 3.8) is 0 Å². The van der Waals surface area contributed by atoms with Crippen LogP contribution in [0.2, 0.25) is 0 Å². The van der Waals surface area contributed by atoms with Gasteiger partial charge in [0, 0.05) is 0 Å². The molecule has 2 N–H and O–H groups in total. The number of carbonyl (C=O) groups is 2. The van der Waals surface area contributed by atoms with Crippen molar-refractivity contribution in [2.75, 3.05) is 0 Å². The number of carboxylic acid groups (broad SMARTS) is 1. The lowest BCUT2D eigenvalue weighted by molar-refractivity contribution is -0.143. The molecule has 1 aliphatic carbocycles. The van der Waals surface area contributed by atoms with Gasteiger partial charge in [0.1, 0.15) is 5.54 Å². The Hall–Kier alpha value is -1.98. The van der Waals surface area contributed by atoms with Crippen LogP contribution in [0, 0.1) is 11.6 Å². The van der Waals surface area contributed by atoms with Gasteiger partial charge in [0.2, 0.25) is 5.91 Å². The molecule has 18 heavy (non-hydrogen) atoms. The second-order valence-electron chi connectivity index (χ2n) is 4.36. The quantitative estimate of drug-likeness (QED) is 0.850. The molecule has 4 nitrogen and oxygen atoms in total. The number of amides is 1. The number of carbonyl (C=O) groups excluding carboxylic acids is 1. The normalized spacial score (nSPS) is 16.1. The standard InChI is InChI=1S/C12H11F2NO3/c13-8-2-1-7(5-9(8)14)6-10(16)15-12(3-4-12)11(17)18/h1-2,5H,3-4,6H2,(H,15,16)(H,17,18). The van der Waals surface area contributed by atoms with Crippen LogP contribution in [0.15, 0.2) is 18.2 Å². The van der Waals surface area contributed by atoms with Gasteiger partial charge in [-0.25, -0.2) is 13.6 Å². The molecular formula is C12H11F2NO3. The van der Waals surface area contributed by atoms with E-state index in [0.717, 1.165) is 12.1 Å². The first-order valence-corrected chi connectivity index (χ1v) is 5.41. The lowest BCUT2D eigenvalue weighted by Crippen LogP contribution is -2.43. The summed E-state index contributed by atoms with van der Waals surface area (Å²) < 4.78 is 25.6. The van der Waals surface area contributed by atoms with Crippen molar-refractivity contribution in [1.29, 1.82) is 0 Å². The fourth-order valence-corrected chi connectivity index (χ4v) is 1.66. The Morgan fingerprint density at radius 1 is 1.28 bits per heavy atom. The van der Waals surface area contributed by atoms with Gasteiger partial charge in [-0.1, -0.05) is 6.07 Å². The van der Waals surface area contributed by atoms with Crippen molar-refractivity contribution >= 4 is 11.9 Å². The van der Waals surface area contributed by atoms with Crippen LogP contribution in [0.4, 0.5) is 8.78 Å². The molecule has 1 saturated carbocycles. The average molecular weight is 255 g/mol. The van der Waals surface area contributed by atoms with E-state index < -0.39 is 29.0 Å². The van der Waals surface area contributed by atoms with E-state index in [1.165, 1.54) is 6.07 Å². The largest absolute Gasteiger partial charge is 0.480 e. The highest BCUT2D eigenvalue weighted by Crippen LogP contribution is 2.35. The highest BCUT2D eigenvalue weighted by molar-refractivity contribution is 5.90. The summed E-state index contributed by atoms with van der Waals surface area (Å²) in [5.74, 6) is -3.59. The number of benzene rings is 1. The summed E-state index contributed by atoms with van der Waals surface area (Å²) in [6, 6.07) is 3.15. The molecule has 0 aromatic heterocycles. The van der Waals surface area contributed by atoms with Crippen LogP contribution in [-0.2, 0) is 16.0 Å². The van der Waals surface area contributed by atoms with Gasteiger partial charge in [0.15, 0.2) is 11.6 Å². The lowest BCUT2D eigenvalue weighted by Gasteiger charge is -2.12. The van der Waals surface area contributed by atoms with Crippen LogP contribution >= 0.6 is 0 Å². The molecule has 1 aromatic carbocycles. The molecule has 0 unspecified atom stereocenters. The lowest BCUT2D eigenvalue weighted by atomic mass is 10.1. The van der Waals surface area contributed by atoms with Crippen LogP contribution in [0.3, 0.4) is 0 Å². The zero-order chi connectivity index (χ0) is 13.3. The third-order valence-corrected chi connectivity index (χ3v) is 2.89. The highest BCUT2D eigenvalue weighted by atomic mass is 19.2. The van der Waals surface area contributed by atoms with Gasteiger partial charge < -0.3 is 10.4 Å². The first-order chi connectivity index (χ1) is 8.43. The van der Waals surface area contributed by atoms with E-state index in [4.69, 9.17) is 5.11 Å². The molecule has 0 aliphatic heterocycles. The molecule has 1 aromatic rings. The number of rotatable bonds is 4. The minimum absolute atomic E-state index is 0.174. The Morgan fingerprint density at radius 2 is 1.94 bits per heavy atom. The Kier molecular flexibility index (Phi) is 3.02. The molecule has 0 spiro atoms. The van der Waals surface area contributed by atoms with Crippen molar-refractivity contribution in [2.24, 2.45) is 0 Å². The number of carboxylic acids is 1. The molecule has 1 amide bonds. The summed E-state index contributed by atoms with van der Waals surface area (Å²) >= 11 is 0. The molecule has 0 heterocycles. The van der Waals surface area contributed by atoms with E-state index in [1.54, 1.807) is 0 Å². The first-order valence-electron chi connectivity index (χ1n) is 5.41. The van der Waals surface area contributed by atoms with Crippen molar-refractivity contribution in [1.82, 2.24) is 5.32 Å². The van der Waals surface area contributed by atoms with Crippen LogP contribution in [0.5, 0.6) is 0 Å². The summed E-state index contributed by atoms with van der Waals surface area (Å²) in [5, 5.41) is 11.3. The maximum absolute atomic E-state index is 12.9. The van der Waals surface area contributed by atoms with Crippen molar-refractivity contribution in [3.05, 3.63) is 35.4 Å². The van der Waals surface area contributed by atoms with Crippen molar-refractivity contribution in [3.8, 4) is 0 Å². The second-order valence-corrected chi connectivity index (χ2v) is 4.36. The van der Waals surface area contributed by atoms with Crippen LogP contribution < -0.4 is 5.32 Å². The van der Waals surface area contributed by atoms with E-state index in [1.807, 2.05) is 0 Å². The number of hydrogen-bond acceptors (Lipinski definition) is 2. The topological polar surface area (TPSA) is 66.4 Å². The summed E-state index contributed by atoms with van der Waals surface area (Å²) in [6.07, 6.45) is 0.615. The molecule has 6 heteroatoms. The highest BCUT2D eigenvalue weighted by Gasteiger charge is 2.51. The number of aliphatic carboxylic acids is 1. The molecule has 1 fully saturated rings. The van der Waals surface area contributed by atoms with Crippen LogP contribution in [-0.4, -0.2) is 22.5 Å². The fraction of sp³-hybridized carbons (Fsp3) is 0.333. The molecule has 0 bridgehead atoms. The predicted octanol–water partition coefficient (Wildman–Crippen LogP) is 1.24. The molecule has 2 rings (SSSR count). The van der Waals surface area contributed by atoms with Gasteiger partial charge in [-0.15, -0.1) is 0 Å². The Morgan fingerprint density at radius 3 is 2.44 bits per heavy atom. The molecule has 0 atom stereocenters. The van der Waals surface area contributed by atoms with Gasteiger partial charge in [0.25, 0.3) is 0 Å². The zero-order valence-electron chi connectivity index (χ0n) is 9.37. The maximum atomic E-state index is 12.9. The maximum Gasteiger partial charge on any atom is 0.329 e. The van der Waals surface area contributed by atoms with Gasteiger partial charge in [0.05, 0.1) is 6.42 Å². The Labute approximate surface area is 102 Å². The first kappa shape index (κ1) is 12.5. The number of halogens is 2. The van der Waals surface area contributed by atoms with Gasteiger partial charge in [-0.2, -0.15) is 0 Å². The van der Waals surface area contributed by atoms with E-state index in [0.29, 0.717) is 18.4 Å². The zero-order valence-corrected chi connectivity index (χ0v) is 9.37. The SMILES string of the molecule is O=C(Cc1ccc(F)c(F)c1)NC1(C(=O)O)CC1. The number of nitrogens with one attached hydrogen (secondary N) is 1. The van der Waals surface area contributed by atoms with E-state index >= 15 is 0 Å². The van der Waals surface area contributed by atoms with E-state index in [-0.39, 0.29) is 6.42 Å². The summed E-state index contributed by atoms with van der Waals surface area (Å²) in [4.78, 5) is 22.4. The molecule has 1 aliphatic rings. The van der Waals surface area contributed by atoms with Gasteiger partial charge in [-0.05, 0) is 30.5 Å². The minimum atomic E-state index is -1.16. The molecular weight excluding hydrogens is 244 g/mol.